The zero-order valence-corrected chi connectivity index (χ0v) is 8.20. The number of aromatic nitrogens is 1. The predicted molar refractivity (Wildman–Crippen MR) is 56.9 cm³/mol. The Bertz CT molecular complexity index is 352. The quantitative estimate of drug-likeness (QED) is 0.736. The lowest BCUT2D eigenvalue weighted by Crippen LogP contribution is -2.14. The van der Waals surface area contributed by atoms with E-state index in [0.29, 0.717) is 5.69 Å². The molecule has 0 aromatic carbocycles. The Kier molecular flexibility index (Phi) is 3.69. The SMILES string of the molecule is C=CCC(C)Nc1cccc(C#N)n1. The van der Waals surface area contributed by atoms with Crippen LogP contribution in [0.1, 0.15) is 19.0 Å². The summed E-state index contributed by atoms with van der Waals surface area (Å²) in [4.78, 5) is 4.11. The van der Waals surface area contributed by atoms with Gasteiger partial charge in [0.05, 0.1) is 0 Å². The lowest BCUT2D eigenvalue weighted by Gasteiger charge is -2.11. The third-order valence-electron chi connectivity index (χ3n) is 1.78. The molecule has 0 spiro atoms. The van der Waals surface area contributed by atoms with Crippen molar-refractivity contribution >= 4 is 5.82 Å². The molecule has 14 heavy (non-hydrogen) atoms. The number of hydrogen-bond acceptors (Lipinski definition) is 3. The molecule has 0 aliphatic rings. The van der Waals surface area contributed by atoms with Crippen molar-refractivity contribution in [3.63, 3.8) is 0 Å². The highest BCUT2D eigenvalue weighted by Gasteiger charge is 2.00. The fourth-order valence-electron chi connectivity index (χ4n) is 1.14. The van der Waals surface area contributed by atoms with Crippen LogP contribution in [-0.2, 0) is 0 Å². The minimum Gasteiger partial charge on any atom is -0.367 e. The summed E-state index contributed by atoms with van der Waals surface area (Å²) >= 11 is 0. The minimum atomic E-state index is 0.286. The van der Waals surface area contributed by atoms with E-state index >= 15 is 0 Å². The maximum absolute atomic E-state index is 8.64. The van der Waals surface area contributed by atoms with Gasteiger partial charge < -0.3 is 5.32 Å². The highest BCUT2D eigenvalue weighted by atomic mass is 15.0. The van der Waals surface area contributed by atoms with Gasteiger partial charge in [-0.2, -0.15) is 5.26 Å². The molecule has 0 bridgehead atoms. The summed E-state index contributed by atoms with van der Waals surface area (Å²) in [5.41, 5.74) is 0.431. The molecule has 0 saturated carbocycles. The highest BCUT2D eigenvalue weighted by Crippen LogP contribution is 2.07. The number of anilines is 1. The summed E-state index contributed by atoms with van der Waals surface area (Å²) < 4.78 is 0. The van der Waals surface area contributed by atoms with Gasteiger partial charge in [0.1, 0.15) is 17.6 Å². The Morgan fingerprint density at radius 1 is 1.71 bits per heavy atom. The second-order valence-corrected chi connectivity index (χ2v) is 3.09. The molecule has 1 aromatic heterocycles. The second kappa shape index (κ2) is 5.03. The fourth-order valence-corrected chi connectivity index (χ4v) is 1.14. The normalized spacial score (nSPS) is 11.4. The molecule has 0 fully saturated rings. The molecule has 3 nitrogen and oxygen atoms in total. The first kappa shape index (κ1) is 10.3. The van der Waals surface area contributed by atoms with Crippen molar-refractivity contribution in [1.82, 2.24) is 4.98 Å². The molecule has 0 radical (unpaired) electrons. The number of rotatable bonds is 4. The van der Waals surface area contributed by atoms with Crippen LogP contribution in [0, 0.1) is 11.3 Å². The molecule has 0 saturated heterocycles. The number of nitrogens with one attached hydrogen (secondary N) is 1. The minimum absolute atomic E-state index is 0.286. The summed E-state index contributed by atoms with van der Waals surface area (Å²) in [7, 11) is 0. The van der Waals surface area contributed by atoms with Crippen molar-refractivity contribution in [3.8, 4) is 6.07 Å². The number of hydrogen-bond donors (Lipinski definition) is 1. The van der Waals surface area contributed by atoms with Crippen molar-refractivity contribution in [2.45, 2.75) is 19.4 Å². The largest absolute Gasteiger partial charge is 0.367 e. The molecule has 1 N–H and O–H groups in total. The Balaban J connectivity index is 2.67. The summed E-state index contributed by atoms with van der Waals surface area (Å²) in [5.74, 6) is 0.735. The van der Waals surface area contributed by atoms with Gasteiger partial charge in [-0.05, 0) is 25.5 Å². The monoisotopic (exact) mass is 187 g/mol. The molecule has 1 rings (SSSR count). The Hall–Kier alpha value is -1.82. The Morgan fingerprint density at radius 2 is 2.50 bits per heavy atom. The second-order valence-electron chi connectivity index (χ2n) is 3.09. The molecular formula is C11H13N3. The third kappa shape index (κ3) is 2.91. The van der Waals surface area contributed by atoms with Gasteiger partial charge in [-0.1, -0.05) is 12.1 Å². The first-order chi connectivity index (χ1) is 6.76. The van der Waals surface area contributed by atoms with Crippen molar-refractivity contribution in [2.75, 3.05) is 5.32 Å². The van der Waals surface area contributed by atoms with E-state index in [1.807, 2.05) is 31.2 Å². The van der Waals surface area contributed by atoms with E-state index in [1.165, 1.54) is 0 Å². The van der Waals surface area contributed by atoms with Gasteiger partial charge in [-0.25, -0.2) is 4.98 Å². The van der Waals surface area contributed by atoms with E-state index in [0.717, 1.165) is 12.2 Å². The van der Waals surface area contributed by atoms with Crippen LogP contribution < -0.4 is 5.32 Å². The average Bonchev–Trinajstić information content (AvgIpc) is 2.18. The summed E-state index contributed by atoms with van der Waals surface area (Å²) in [6.45, 7) is 5.71. The smallest absolute Gasteiger partial charge is 0.142 e. The zero-order chi connectivity index (χ0) is 10.4. The van der Waals surface area contributed by atoms with Crippen LogP contribution in [0.15, 0.2) is 30.9 Å². The van der Waals surface area contributed by atoms with Gasteiger partial charge in [0, 0.05) is 6.04 Å². The van der Waals surface area contributed by atoms with Crippen LogP contribution in [0.2, 0.25) is 0 Å². The zero-order valence-electron chi connectivity index (χ0n) is 8.20. The van der Waals surface area contributed by atoms with Crippen molar-refractivity contribution in [3.05, 3.63) is 36.5 Å². The summed E-state index contributed by atoms with van der Waals surface area (Å²) in [5, 5.41) is 11.8. The third-order valence-corrected chi connectivity index (χ3v) is 1.78. The van der Waals surface area contributed by atoms with Crippen molar-refractivity contribution < 1.29 is 0 Å². The van der Waals surface area contributed by atoms with E-state index in [9.17, 15) is 0 Å². The van der Waals surface area contributed by atoms with Gasteiger partial charge in [0.25, 0.3) is 0 Å². The standard InChI is InChI=1S/C11H13N3/c1-3-5-9(2)13-11-7-4-6-10(8-12)14-11/h3-4,6-7,9H,1,5H2,2H3,(H,13,14). The lowest BCUT2D eigenvalue weighted by molar-refractivity contribution is 0.807. The van der Waals surface area contributed by atoms with E-state index < -0.39 is 0 Å². The van der Waals surface area contributed by atoms with Gasteiger partial charge in [-0.15, -0.1) is 6.58 Å². The highest BCUT2D eigenvalue weighted by molar-refractivity contribution is 5.39. The van der Waals surface area contributed by atoms with Crippen molar-refractivity contribution in [2.24, 2.45) is 0 Å². The van der Waals surface area contributed by atoms with Crippen molar-refractivity contribution in [1.29, 1.82) is 5.26 Å². The molecule has 1 heterocycles. The van der Waals surface area contributed by atoms with E-state index in [4.69, 9.17) is 5.26 Å². The first-order valence-electron chi connectivity index (χ1n) is 4.51. The Labute approximate surface area is 84.1 Å². The van der Waals surface area contributed by atoms with E-state index in [-0.39, 0.29) is 6.04 Å². The molecule has 1 aromatic rings. The predicted octanol–water partition coefficient (Wildman–Crippen LogP) is 2.33. The fraction of sp³-hybridized carbons (Fsp3) is 0.273. The van der Waals surface area contributed by atoms with E-state index in [1.54, 1.807) is 6.07 Å². The van der Waals surface area contributed by atoms with Gasteiger partial charge in [-0.3, -0.25) is 0 Å². The maximum Gasteiger partial charge on any atom is 0.142 e. The van der Waals surface area contributed by atoms with Crippen LogP contribution in [0.3, 0.4) is 0 Å². The average molecular weight is 187 g/mol. The number of pyridine rings is 1. The van der Waals surface area contributed by atoms with Crippen LogP contribution in [0.25, 0.3) is 0 Å². The van der Waals surface area contributed by atoms with Crippen LogP contribution in [0.4, 0.5) is 5.82 Å². The van der Waals surface area contributed by atoms with Gasteiger partial charge in [0.15, 0.2) is 0 Å². The molecule has 0 aliphatic carbocycles. The first-order valence-corrected chi connectivity index (χ1v) is 4.51. The number of nitriles is 1. The van der Waals surface area contributed by atoms with E-state index in [2.05, 4.69) is 16.9 Å². The maximum atomic E-state index is 8.64. The van der Waals surface area contributed by atoms with Gasteiger partial charge in [0.2, 0.25) is 0 Å². The van der Waals surface area contributed by atoms with Crippen LogP contribution >= 0.6 is 0 Å². The van der Waals surface area contributed by atoms with Crippen LogP contribution in [-0.4, -0.2) is 11.0 Å². The van der Waals surface area contributed by atoms with Crippen LogP contribution in [0.5, 0.6) is 0 Å². The molecule has 3 heteroatoms. The molecule has 1 atom stereocenters. The molecule has 1 unspecified atom stereocenters. The molecule has 0 amide bonds. The molecule has 72 valence electrons. The summed E-state index contributed by atoms with van der Waals surface area (Å²) in [6.07, 6.45) is 2.73. The van der Waals surface area contributed by atoms with Gasteiger partial charge >= 0.3 is 0 Å². The molecular weight excluding hydrogens is 174 g/mol. The molecule has 0 aliphatic heterocycles. The summed E-state index contributed by atoms with van der Waals surface area (Å²) in [6, 6.07) is 7.63. The lowest BCUT2D eigenvalue weighted by atomic mass is 10.2. The number of nitrogens with zero attached hydrogens (tertiary/aromatic N) is 2. The Morgan fingerprint density at radius 3 is 3.14 bits per heavy atom. The topological polar surface area (TPSA) is 48.7 Å².